The first-order valence-corrected chi connectivity index (χ1v) is 38.9. The number of halogens is 6. The van der Waals surface area contributed by atoms with E-state index >= 15 is 55.1 Å². The molecule has 22 nitrogen and oxygen atoms in total. The summed E-state index contributed by atoms with van der Waals surface area (Å²) in [6, 6.07) is 57.3. The summed E-state index contributed by atoms with van der Waals surface area (Å²) in [7, 11) is 0. The number of epoxide rings is 4. The number of anilines is 8. The van der Waals surface area contributed by atoms with Crippen LogP contribution in [0.2, 0.25) is 0 Å². The van der Waals surface area contributed by atoms with Crippen molar-refractivity contribution in [3.05, 3.63) is 265 Å². The van der Waals surface area contributed by atoms with Crippen LogP contribution in [-0.4, -0.2) is 147 Å². The van der Waals surface area contributed by atoms with Gasteiger partial charge in [0.2, 0.25) is 0 Å². The van der Waals surface area contributed by atoms with Crippen LogP contribution in [0.3, 0.4) is 0 Å². The molecule has 6 amide bonds. The Balaban J connectivity index is 0.843. The number of rotatable bonds is 30. The number of hydrogen-bond donors (Lipinski definition) is 4. The molecule has 19 rings (SSSR count). The summed E-state index contributed by atoms with van der Waals surface area (Å²) in [5.74, 6) is -8.79. The molecule has 13 aromatic rings. The van der Waals surface area contributed by atoms with Gasteiger partial charge in [0, 0.05) is 115 Å². The van der Waals surface area contributed by atoms with Crippen LogP contribution in [0.15, 0.2) is 243 Å². The molecule has 0 radical (unpaired) electrons. The molecule has 6 aliphatic heterocycles. The fraction of sp³-hybridized carbons (Fsp3) is 0.196. The number of imide groups is 2. The zero-order valence-corrected chi connectivity index (χ0v) is 63.4. The molecule has 6 heterocycles. The van der Waals surface area contributed by atoms with E-state index in [4.69, 9.17) is 37.9 Å². The lowest BCUT2D eigenvalue weighted by atomic mass is 9.80. The Morgan fingerprint density at radius 1 is 0.333 bits per heavy atom. The van der Waals surface area contributed by atoms with E-state index in [9.17, 15) is 0 Å². The van der Waals surface area contributed by atoms with Gasteiger partial charge in [-0.3, -0.25) is 48.4 Å². The summed E-state index contributed by atoms with van der Waals surface area (Å²) in [5, 5.41) is 12.3. The normalized spacial score (nSPS) is 17.6. The van der Waals surface area contributed by atoms with Crippen LogP contribution in [0, 0.1) is 0 Å². The van der Waals surface area contributed by atoms with Gasteiger partial charge in [-0.05, 0) is 170 Å². The molecule has 4 fully saturated rings. The first-order chi connectivity index (χ1) is 58.2. The van der Waals surface area contributed by atoms with E-state index in [-0.39, 0.29) is 136 Å². The van der Waals surface area contributed by atoms with E-state index in [1.165, 1.54) is 72.8 Å². The Bertz CT molecular complexity index is 5460. The highest BCUT2D eigenvalue weighted by Gasteiger charge is 2.52. The summed E-state index contributed by atoms with van der Waals surface area (Å²) in [4.78, 5) is 102. The number of carbonyl (C=O) groups excluding carboxylic acids is 6. The van der Waals surface area contributed by atoms with Gasteiger partial charge in [0.15, 0.2) is 0 Å². The second-order valence-electron chi connectivity index (χ2n) is 29.9. The molecule has 604 valence electrons. The molecule has 0 spiro atoms. The van der Waals surface area contributed by atoms with E-state index in [0.29, 0.717) is 85.2 Å². The van der Waals surface area contributed by atoms with Gasteiger partial charge in [0.1, 0.15) is 58.1 Å². The van der Waals surface area contributed by atoms with Crippen LogP contribution < -0.4 is 50.0 Å². The number of hydrogen-bond acceptors (Lipinski definition) is 18. The number of nitrogens with one attached hydrogen (secondary N) is 4. The molecular formula is C92H70F6N8O14. The van der Waals surface area contributed by atoms with Crippen molar-refractivity contribution in [2.75, 3.05) is 83.7 Å². The molecule has 4 N–H and O–H groups in total. The highest BCUT2D eigenvalue weighted by molar-refractivity contribution is 6.45. The van der Waals surface area contributed by atoms with E-state index in [1.54, 1.807) is 170 Å². The summed E-state index contributed by atoms with van der Waals surface area (Å²) < 4.78 is 146. The van der Waals surface area contributed by atoms with Crippen LogP contribution in [0.25, 0.3) is 43.1 Å². The van der Waals surface area contributed by atoms with Crippen LogP contribution in [0.5, 0.6) is 46.0 Å². The molecule has 6 unspecified atom stereocenters. The number of para-hydroxylation sites is 4. The molecule has 0 aromatic heterocycles. The van der Waals surface area contributed by atoms with Gasteiger partial charge in [-0.1, -0.05) is 72.8 Å². The molecule has 0 aliphatic carbocycles. The van der Waals surface area contributed by atoms with Crippen molar-refractivity contribution in [2.24, 2.45) is 0 Å². The minimum Gasteiger partial charge on any atom is -0.457 e. The minimum atomic E-state index is -5.26. The van der Waals surface area contributed by atoms with Crippen molar-refractivity contribution in [3.63, 3.8) is 0 Å². The Hall–Kier alpha value is -13.8. The first-order valence-electron chi connectivity index (χ1n) is 38.9. The summed E-state index contributed by atoms with van der Waals surface area (Å²) in [6.45, 7) is 3.97. The monoisotopic (exact) mass is 1620 g/mol. The van der Waals surface area contributed by atoms with Gasteiger partial charge in [-0.15, -0.1) is 0 Å². The zero-order valence-electron chi connectivity index (χ0n) is 63.4. The Morgan fingerprint density at radius 2 is 0.550 bits per heavy atom. The van der Waals surface area contributed by atoms with Gasteiger partial charge < -0.3 is 59.2 Å². The molecular weight excluding hydrogens is 1560 g/mol. The highest BCUT2D eigenvalue weighted by atomic mass is 19.4. The lowest BCUT2D eigenvalue weighted by Gasteiger charge is -2.38. The van der Waals surface area contributed by atoms with Crippen molar-refractivity contribution < 1.29 is 93.0 Å². The third-order valence-electron chi connectivity index (χ3n) is 21.6. The van der Waals surface area contributed by atoms with Crippen molar-refractivity contribution in [1.82, 2.24) is 9.80 Å². The lowest BCUT2D eigenvalue weighted by Crippen LogP contribution is -2.55. The van der Waals surface area contributed by atoms with E-state index < -0.39 is 95.0 Å². The Kier molecular flexibility index (Phi) is 19.6. The zero-order chi connectivity index (χ0) is 82.2. The number of benzene rings is 13. The molecule has 6 aliphatic rings. The highest BCUT2D eigenvalue weighted by Crippen LogP contribution is 2.59. The maximum absolute atomic E-state index is 16.6. The Morgan fingerprint density at radius 3 is 0.750 bits per heavy atom. The predicted molar refractivity (Wildman–Crippen MR) is 437 cm³/mol. The van der Waals surface area contributed by atoms with Gasteiger partial charge in [-0.25, -0.2) is 0 Å². The first kappa shape index (κ1) is 76.2. The topological polar surface area (TPSA) is 251 Å². The van der Waals surface area contributed by atoms with Crippen molar-refractivity contribution in [2.45, 2.75) is 61.7 Å². The molecule has 13 aromatic carbocycles. The number of ether oxygens (including phenoxy) is 8. The van der Waals surface area contributed by atoms with Crippen molar-refractivity contribution in [3.8, 4) is 46.0 Å². The fourth-order valence-electron chi connectivity index (χ4n) is 15.6. The van der Waals surface area contributed by atoms with Gasteiger partial charge in [-0.2, -0.15) is 26.3 Å². The molecule has 28 heteroatoms. The van der Waals surface area contributed by atoms with Gasteiger partial charge >= 0.3 is 12.4 Å². The van der Waals surface area contributed by atoms with Crippen LogP contribution in [-0.2, 0) is 28.5 Å². The number of nitrogens with zero attached hydrogens (tertiary/aromatic N) is 4. The maximum Gasteiger partial charge on any atom is 0.391 e. The fourth-order valence-corrected chi connectivity index (χ4v) is 15.6. The molecule has 6 atom stereocenters. The van der Waals surface area contributed by atoms with Crippen molar-refractivity contribution >= 4 is 124 Å². The van der Waals surface area contributed by atoms with Crippen LogP contribution in [0.1, 0.15) is 54.3 Å². The Labute approximate surface area is 679 Å². The molecule has 120 heavy (non-hydrogen) atoms. The predicted octanol–water partition coefficient (Wildman–Crippen LogP) is 18.7. The number of fused-ring (bicyclic) bond motifs is 2. The lowest BCUT2D eigenvalue weighted by molar-refractivity contribution is -0.152. The maximum atomic E-state index is 16.6. The van der Waals surface area contributed by atoms with Crippen LogP contribution in [0.4, 0.5) is 71.8 Å². The molecule has 0 saturated carbocycles. The van der Waals surface area contributed by atoms with E-state index in [2.05, 4.69) is 21.3 Å². The van der Waals surface area contributed by atoms with Crippen molar-refractivity contribution in [1.29, 1.82) is 0 Å². The second kappa shape index (κ2) is 30.9. The third-order valence-corrected chi connectivity index (χ3v) is 21.6. The van der Waals surface area contributed by atoms with Gasteiger partial charge in [0.25, 0.3) is 35.4 Å². The molecule has 4 saturated heterocycles. The smallest absolute Gasteiger partial charge is 0.391 e. The largest absolute Gasteiger partial charge is 0.457 e. The number of amides is 6. The van der Waals surface area contributed by atoms with E-state index in [1.807, 2.05) is 0 Å². The average molecular weight is 1630 g/mol. The number of alkyl halides is 6. The standard InChI is InChI=1S/C92H70F6N8O14/c93-91(94,95)41-71(89(111)103(55-29-21-51(22-30-55)99-43-63-47-113-63)56-31-23-52(24-32-56)100-44-64-48-114-64)105-85(107)67-37-73(117-59-13-5-1-6-14-59)79-80-74(118-60-15-7-2-8-16-60)38-69-78-70(40-76(120-62-19-11-4-12-20-62)82(84(78)80)81-75(119-61-17-9-3-10-18-61)39-68(86(105)108)77(67)83(79)81)88(110)106(87(69)109)72(42-92(96,97)98)90(112)104(57-33-25-53(26-34-57)101-45-65-49-115-65)58-35-27-54(28-36-58)102-46-66-50-116-66/h1-40,63-66,71-72,99-102H,41-50H2. The third kappa shape index (κ3) is 15.4. The quantitative estimate of drug-likeness (QED) is 0.0107. The molecule has 0 bridgehead atoms. The summed E-state index contributed by atoms with van der Waals surface area (Å²) in [5.41, 5.74) is 0.809. The summed E-state index contributed by atoms with van der Waals surface area (Å²) >= 11 is 0. The summed E-state index contributed by atoms with van der Waals surface area (Å²) in [6.07, 6.45) is -14.8. The van der Waals surface area contributed by atoms with E-state index in [0.717, 1.165) is 9.80 Å². The minimum absolute atomic E-state index is 0.0344. The van der Waals surface area contributed by atoms with Gasteiger partial charge in [0.05, 0.1) is 85.9 Å². The van der Waals surface area contributed by atoms with Crippen LogP contribution >= 0.6 is 0 Å². The average Bonchev–Trinajstić information content (AvgIpc) is 1.36. The SMILES string of the molecule is O=C(C(CC(F)(F)F)N1C(=O)c2cc(Oc3ccccc3)c3c4c(Oc5ccccc5)cc5c6c(cc(Oc7ccccc7)c(c7c(Oc8ccccc8)cc(c2c37)C1=O)c64)C(=O)N(C(CC(F)(F)F)C(=O)N(c1ccc(NCC2CO2)cc1)c1ccc(NCC2CO2)cc1)C5=O)N(c1ccc(NCC2CO2)cc1)c1ccc(NCC2CO2)cc1. The number of carbonyl (C=O) groups is 6. The second-order valence-corrected chi connectivity index (χ2v) is 29.9.